The number of ether oxygens (including phenoxy) is 2. The minimum Gasteiger partial charge on any atom is -0.495 e. The van der Waals surface area contributed by atoms with Crippen molar-refractivity contribution >= 4 is 23.9 Å². The Labute approximate surface area is 203 Å². The third-order valence-corrected chi connectivity index (χ3v) is 5.99. The number of alkyl halides is 3. The fraction of sp³-hybridized carbons (Fsp3) is 0.435. The number of nitrogens with zero attached hydrogens (tertiary/aromatic N) is 3. The molecular formula is C23H24F3N5O5. The lowest BCUT2D eigenvalue weighted by atomic mass is 9.82. The van der Waals surface area contributed by atoms with E-state index in [1.165, 1.54) is 13.3 Å². The highest BCUT2D eigenvalue weighted by atomic mass is 19.4. The third-order valence-electron chi connectivity index (χ3n) is 5.99. The number of hydrogen-bond acceptors (Lipinski definition) is 8. The summed E-state index contributed by atoms with van der Waals surface area (Å²) < 4.78 is 49.9. The zero-order valence-electron chi connectivity index (χ0n) is 19.4. The molecule has 13 heteroatoms. The summed E-state index contributed by atoms with van der Waals surface area (Å²) >= 11 is 0. The molecule has 0 bridgehead atoms. The number of aromatic nitrogens is 2. The van der Waals surface area contributed by atoms with Crippen molar-refractivity contribution in [3.05, 3.63) is 46.9 Å². The van der Waals surface area contributed by atoms with Crippen molar-refractivity contribution in [2.45, 2.75) is 31.6 Å². The Hall–Kier alpha value is -3.74. The molecule has 4 rings (SSSR count). The second-order valence-electron chi connectivity index (χ2n) is 8.83. The number of methoxy groups -OCH3 is 1. The SMILES string of the molecule is COc1cnc(C(F)(F)F)cc1[C@H](C)Nc1ncc(C(=O)NCC2(CC(=O)O)COC2)cc1C1C=N1. The van der Waals surface area contributed by atoms with E-state index >= 15 is 0 Å². The summed E-state index contributed by atoms with van der Waals surface area (Å²) in [7, 11) is 1.34. The monoisotopic (exact) mass is 507 g/mol. The normalized spacial score (nSPS) is 18.6. The van der Waals surface area contributed by atoms with Gasteiger partial charge in [-0.25, -0.2) is 9.97 Å². The number of carboxylic acids is 1. The van der Waals surface area contributed by atoms with Crippen molar-refractivity contribution in [1.82, 2.24) is 15.3 Å². The number of amides is 1. The zero-order chi connectivity index (χ0) is 26.1. The maximum Gasteiger partial charge on any atom is 0.433 e. The van der Waals surface area contributed by atoms with Crippen molar-refractivity contribution < 1.29 is 37.3 Å². The lowest BCUT2D eigenvalue weighted by molar-refractivity contribution is -0.155. The molecule has 0 aromatic carbocycles. The topological polar surface area (TPSA) is 135 Å². The minimum absolute atomic E-state index is 0.123. The molecule has 3 N–H and O–H groups in total. The quantitative estimate of drug-likeness (QED) is 0.447. The van der Waals surface area contributed by atoms with Crippen LogP contribution in [0.1, 0.15) is 52.6 Å². The number of aliphatic carboxylic acids is 1. The molecule has 2 atom stereocenters. The Morgan fingerprint density at radius 1 is 1.28 bits per heavy atom. The molecule has 36 heavy (non-hydrogen) atoms. The van der Waals surface area contributed by atoms with E-state index in [1.54, 1.807) is 19.2 Å². The molecule has 2 aromatic rings. The molecule has 0 radical (unpaired) electrons. The highest BCUT2D eigenvalue weighted by Gasteiger charge is 2.41. The number of anilines is 1. The standard InChI is InChI=1S/C23H24F3N5O5/c1-12(14-4-18(23(24,25)26)28-8-17(14)35-2)31-20-15(16-7-27-16)3-13(6-29-20)21(34)30-9-22(5-19(32)33)10-36-11-22/h3-4,6-8,12,16H,5,9-11H2,1-2H3,(H,29,31)(H,30,34)(H,32,33)/t12-,16?/m0/s1. The van der Waals surface area contributed by atoms with E-state index in [1.807, 2.05) is 0 Å². The lowest BCUT2D eigenvalue weighted by Crippen LogP contribution is -2.52. The molecule has 1 saturated heterocycles. The van der Waals surface area contributed by atoms with Gasteiger partial charge in [0.2, 0.25) is 0 Å². The highest BCUT2D eigenvalue weighted by Crippen LogP contribution is 2.36. The summed E-state index contributed by atoms with van der Waals surface area (Å²) in [4.78, 5) is 35.8. The molecule has 0 aliphatic carbocycles. The number of carbonyl (C=O) groups is 2. The molecule has 0 saturated carbocycles. The number of nitrogens with one attached hydrogen (secondary N) is 2. The Morgan fingerprint density at radius 2 is 2.00 bits per heavy atom. The number of hydrogen-bond donors (Lipinski definition) is 3. The Morgan fingerprint density at radius 3 is 2.56 bits per heavy atom. The third kappa shape index (κ3) is 5.56. The highest BCUT2D eigenvalue weighted by molar-refractivity contribution is 5.95. The van der Waals surface area contributed by atoms with Gasteiger partial charge in [-0.15, -0.1) is 0 Å². The first-order valence-electron chi connectivity index (χ1n) is 11.0. The lowest BCUT2D eigenvalue weighted by Gasteiger charge is -2.40. The van der Waals surface area contributed by atoms with Crippen LogP contribution in [0.4, 0.5) is 19.0 Å². The van der Waals surface area contributed by atoms with Crippen molar-refractivity contribution in [3.8, 4) is 5.75 Å². The summed E-state index contributed by atoms with van der Waals surface area (Å²) in [6, 6.07) is 1.55. The summed E-state index contributed by atoms with van der Waals surface area (Å²) in [5.74, 6) is -0.881. The molecule has 192 valence electrons. The first-order valence-corrected chi connectivity index (χ1v) is 11.0. The van der Waals surface area contributed by atoms with E-state index in [4.69, 9.17) is 14.6 Å². The van der Waals surface area contributed by atoms with Crippen LogP contribution in [0.25, 0.3) is 0 Å². The van der Waals surface area contributed by atoms with Gasteiger partial charge in [0, 0.05) is 35.5 Å². The van der Waals surface area contributed by atoms with Crippen LogP contribution in [0.5, 0.6) is 5.75 Å². The average molecular weight is 507 g/mol. The van der Waals surface area contributed by atoms with Gasteiger partial charge in [0.05, 0.1) is 44.5 Å². The molecule has 1 unspecified atom stereocenters. The molecule has 1 amide bonds. The molecule has 10 nitrogen and oxygen atoms in total. The first-order chi connectivity index (χ1) is 17.0. The molecule has 2 aromatic heterocycles. The first kappa shape index (κ1) is 25.4. The van der Waals surface area contributed by atoms with Gasteiger partial charge in [0.1, 0.15) is 23.3 Å². The summed E-state index contributed by atoms with van der Waals surface area (Å²) in [5, 5.41) is 14.9. The Kier molecular flexibility index (Phi) is 6.85. The van der Waals surface area contributed by atoms with Gasteiger partial charge in [0.15, 0.2) is 0 Å². The molecule has 2 aliphatic heterocycles. The number of aliphatic imine (C=N–C) groups is 1. The van der Waals surface area contributed by atoms with Gasteiger partial charge in [0.25, 0.3) is 5.91 Å². The Bertz CT molecular complexity index is 1190. The Balaban J connectivity index is 1.51. The van der Waals surface area contributed by atoms with Gasteiger partial charge >= 0.3 is 12.1 Å². The van der Waals surface area contributed by atoms with Crippen molar-refractivity contribution in [3.63, 3.8) is 0 Å². The average Bonchev–Trinajstić information content (AvgIpc) is 3.64. The molecule has 2 aliphatic rings. The van der Waals surface area contributed by atoms with Gasteiger partial charge in [-0.2, -0.15) is 13.2 Å². The van der Waals surface area contributed by atoms with E-state index < -0.39 is 35.2 Å². The molecule has 4 heterocycles. The van der Waals surface area contributed by atoms with Crippen LogP contribution in [0.3, 0.4) is 0 Å². The van der Waals surface area contributed by atoms with E-state index in [0.29, 0.717) is 11.4 Å². The largest absolute Gasteiger partial charge is 0.495 e. The maximum absolute atomic E-state index is 13.2. The van der Waals surface area contributed by atoms with Crippen LogP contribution in [0.15, 0.2) is 29.5 Å². The minimum atomic E-state index is -4.62. The smallest absolute Gasteiger partial charge is 0.433 e. The van der Waals surface area contributed by atoms with E-state index in [0.717, 1.165) is 12.3 Å². The fourth-order valence-electron chi connectivity index (χ4n) is 3.91. The number of pyridine rings is 2. The summed E-state index contributed by atoms with van der Waals surface area (Å²) in [6.07, 6.45) is -0.733. The van der Waals surface area contributed by atoms with Crippen LogP contribution >= 0.6 is 0 Å². The van der Waals surface area contributed by atoms with E-state index in [2.05, 4.69) is 25.6 Å². The van der Waals surface area contributed by atoms with E-state index in [-0.39, 0.29) is 49.1 Å². The fourth-order valence-corrected chi connectivity index (χ4v) is 3.91. The van der Waals surface area contributed by atoms with Crippen LogP contribution in [0, 0.1) is 5.41 Å². The van der Waals surface area contributed by atoms with Gasteiger partial charge in [-0.3, -0.25) is 14.6 Å². The zero-order valence-corrected chi connectivity index (χ0v) is 19.4. The van der Waals surface area contributed by atoms with Crippen LogP contribution in [0.2, 0.25) is 0 Å². The van der Waals surface area contributed by atoms with Crippen LogP contribution in [-0.4, -0.2) is 60.0 Å². The number of rotatable bonds is 10. The van der Waals surface area contributed by atoms with Crippen molar-refractivity contribution in [2.75, 3.05) is 32.2 Å². The van der Waals surface area contributed by atoms with Gasteiger partial charge < -0.3 is 25.2 Å². The second kappa shape index (κ2) is 9.72. The summed E-state index contributed by atoms with van der Waals surface area (Å²) in [5.41, 5.74) is -0.642. The molecule has 1 fully saturated rings. The number of halogens is 3. The van der Waals surface area contributed by atoms with Crippen LogP contribution < -0.4 is 15.4 Å². The van der Waals surface area contributed by atoms with Crippen molar-refractivity contribution in [2.24, 2.45) is 10.4 Å². The van der Waals surface area contributed by atoms with E-state index in [9.17, 15) is 22.8 Å². The second-order valence-corrected chi connectivity index (χ2v) is 8.83. The summed E-state index contributed by atoms with van der Waals surface area (Å²) in [6.45, 7) is 2.27. The van der Waals surface area contributed by atoms with Crippen molar-refractivity contribution in [1.29, 1.82) is 0 Å². The molecular weight excluding hydrogens is 483 g/mol. The van der Waals surface area contributed by atoms with Crippen LogP contribution in [-0.2, 0) is 15.7 Å². The predicted molar refractivity (Wildman–Crippen MR) is 121 cm³/mol. The number of carboxylic acid groups (broad SMARTS) is 1. The molecule has 0 spiro atoms. The van der Waals surface area contributed by atoms with Gasteiger partial charge in [-0.05, 0) is 19.1 Å². The predicted octanol–water partition coefficient (Wildman–Crippen LogP) is 3.02. The maximum atomic E-state index is 13.2. The number of carbonyl (C=O) groups excluding carboxylic acids is 1. The van der Waals surface area contributed by atoms with Gasteiger partial charge in [-0.1, -0.05) is 0 Å².